The molecule has 2 aromatic rings. The minimum atomic E-state index is -0.555. The molecule has 2 N–H and O–H groups in total. The fourth-order valence-corrected chi connectivity index (χ4v) is 5.49. The summed E-state index contributed by atoms with van der Waals surface area (Å²) in [6, 6.07) is 14.9. The number of nitrogens with one attached hydrogen (secondary N) is 1. The molecule has 1 aliphatic carbocycles. The Balaban J connectivity index is 1.26. The Hall–Kier alpha value is -2.44. The molecule has 0 bridgehead atoms. The summed E-state index contributed by atoms with van der Waals surface area (Å²) in [6.07, 6.45) is 2.66. The number of rotatable bonds is 3. The van der Waals surface area contributed by atoms with Gasteiger partial charge in [-0.15, -0.1) is 0 Å². The van der Waals surface area contributed by atoms with E-state index in [2.05, 4.69) is 27.2 Å². The zero-order valence-corrected chi connectivity index (χ0v) is 17.1. The second kappa shape index (κ2) is 7.67. The van der Waals surface area contributed by atoms with Gasteiger partial charge in [-0.25, -0.2) is 4.39 Å². The number of nitrogens with zero attached hydrogens (tertiary/aromatic N) is 2. The van der Waals surface area contributed by atoms with Crippen LogP contribution < -0.4 is 10.2 Å². The molecule has 2 unspecified atom stereocenters. The van der Waals surface area contributed by atoms with Crippen molar-refractivity contribution in [2.75, 3.05) is 31.2 Å². The van der Waals surface area contributed by atoms with Crippen LogP contribution in [0.1, 0.15) is 36.5 Å². The zero-order valence-electron chi connectivity index (χ0n) is 17.1. The predicted molar refractivity (Wildman–Crippen MR) is 114 cm³/mol. The predicted octanol–water partition coefficient (Wildman–Crippen LogP) is 2.85. The summed E-state index contributed by atoms with van der Waals surface area (Å²) in [7, 11) is 0. The first-order valence-electron chi connectivity index (χ1n) is 10.9. The van der Waals surface area contributed by atoms with Crippen molar-refractivity contribution in [3.05, 3.63) is 65.5 Å². The molecule has 2 atom stereocenters. The van der Waals surface area contributed by atoms with Crippen LogP contribution in [0.25, 0.3) is 0 Å². The molecule has 5 nitrogen and oxygen atoms in total. The van der Waals surface area contributed by atoms with E-state index in [1.165, 1.54) is 6.07 Å². The molecule has 0 radical (unpaired) electrons. The van der Waals surface area contributed by atoms with E-state index >= 15 is 0 Å². The van der Waals surface area contributed by atoms with Crippen LogP contribution in [0.5, 0.6) is 0 Å². The lowest BCUT2D eigenvalue weighted by molar-refractivity contribution is -0.125. The van der Waals surface area contributed by atoms with Gasteiger partial charge in [0, 0.05) is 31.2 Å². The molecular formula is C24H28FN3O2. The summed E-state index contributed by atoms with van der Waals surface area (Å²) < 4.78 is 13.5. The molecular weight excluding hydrogens is 381 g/mol. The Labute approximate surface area is 176 Å². The number of fused-ring (bicyclic) bond motifs is 1. The van der Waals surface area contributed by atoms with E-state index in [-0.39, 0.29) is 17.6 Å². The van der Waals surface area contributed by atoms with Crippen molar-refractivity contribution in [1.82, 2.24) is 10.2 Å². The van der Waals surface area contributed by atoms with E-state index in [4.69, 9.17) is 0 Å². The number of aliphatic hydroxyl groups excluding tert-OH is 1. The van der Waals surface area contributed by atoms with Crippen molar-refractivity contribution < 1.29 is 14.3 Å². The number of anilines is 1. The Morgan fingerprint density at radius 2 is 1.90 bits per heavy atom. The second-order valence-electron chi connectivity index (χ2n) is 8.85. The molecule has 2 aliphatic heterocycles. The van der Waals surface area contributed by atoms with Crippen molar-refractivity contribution in [2.24, 2.45) is 5.92 Å². The van der Waals surface area contributed by atoms with Crippen molar-refractivity contribution in [1.29, 1.82) is 0 Å². The standard InChI is InChI=1S/C24H28FN3O2/c25-19-8-9-21-17(14-19)6-7-18(22(21)29)15-27-12-10-24(11-13-27)23(30)26-16-28(24)20-4-2-1-3-5-20/h1-5,8-9,14,18,22,29H,6-7,10-13,15-16H2,(H,26,30). The number of carbonyl (C=O) groups excluding carboxylic acids is 1. The summed E-state index contributed by atoms with van der Waals surface area (Å²) in [5, 5.41) is 13.9. The fourth-order valence-electron chi connectivity index (χ4n) is 5.49. The van der Waals surface area contributed by atoms with E-state index in [9.17, 15) is 14.3 Å². The maximum atomic E-state index is 13.5. The first-order chi connectivity index (χ1) is 14.6. The van der Waals surface area contributed by atoms with Crippen LogP contribution >= 0.6 is 0 Å². The van der Waals surface area contributed by atoms with Crippen LogP contribution in [0, 0.1) is 11.7 Å². The van der Waals surface area contributed by atoms with Gasteiger partial charge < -0.3 is 20.2 Å². The van der Waals surface area contributed by atoms with Gasteiger partial charge in [-0.2, -0.15) is 0 Å². The van der Waals surface area contributed by atoms with Gasteiger partial charge in [-0.1, -0.05) is 24.3 Å². The summed E-state index contributed by atoms with van der Waals surface area (Å²) in [4.78, 5) is 17.4. The van der Waals surface area contributed by atoms with Crippen LogP contribution in [-0.2, 0) is 11.2 Å². The van der Waals surface area contributed by atoms with Crippen LogP contribution in [0.15, 0.2) is 48.5 Å². The third kappa shape index (κ3) is 3.28. The number of amides is 1. The van der Waals surface area contributed by atoms with Crippen LogP contribution in [0.2, 0.25) is 0 Å². The Morgan fingerprint density at radius 1 is 1.13 bits per heavy atom. The number of aliphatic hydroxyl groups is 1. The molecule has 0 aromatic heterocycles. The molecule has 2 aromatic carbocycles. The SMILES string of the molecule is O=C1NCN(c2ccccc2)C12CCN(CC1CCc3cc(F)ccc3C1O)CC2. The normalized spacial score (nSPS) is 25.9. The first kappa shape index (κ1) is 19.5. The van der Waals surface area contributed by atoms with Crippen molar-refractivity contribution >= 4 is 11.6 Å². The highest BCUT2D eigenvalue weighted by Crippen LogP contribution is 2.39. The Bertz CT molecular complexity index is 927. The molecule has 6 heteroatoms. The number of carbonyl (C=O) groups is 1. The molecule has 3 aliphatic rings. The highest BCUT2D eigenvalue weighted by molar-refractivity contribution is 5.93. The lowest BCUT2D eigenvalue weighted by Gasteiger charge is -2.44. The van der Waals surface area contributed by atoms with Gasteiger partial charge in [0.05, 0.1) is 12.8 Å². The summed E-state index contributed by atoms with van der Waals surface area (Å²) in [5.74, 6) is 0.0258. The molecule has 1 spiro atoms. The molecule has 1 amide bonds. The average molecular weight is 410 g/mol. The minimum Gasteiger partial charge on any atom is -0.388 e. The van der Waals surface area contributed by atoms with Crippen LogP contribution in [-0.4, -0.2) is 47.8 Å². The van der Waals surface area contributed by atoms with Crippen molar-refractivity contribution in [2.45, 2.75) is 37.3 Å². The van der Waals surface area contributed by atoms with E-state index < -0.39 is 11.6 Å². The number of para-hydroxylation sites is 1. The largest absolute Gasteiger partial charge is 0.388 e. The van der Waals surface area contributed by atoms with Crippen LogP contribution in [0.4, 0.5) is 10.1 Å². The molecule has 5 rings (SSSR count). The van der Waals surface area contributed by atoms with E-state index in [1.54, 1.807) is 12.1 Å². The fraction of sp³-hybridized carbons (Fsp3) is 0.458. The van der Waals surface area contributed by atoms with Gasteiger partial charge in [0.2, 0.25) is 5.91 Å². The number of benzene rings is 2. The van der Waals surface area contributed by atoms with Gasteiger partial charge in [-0.3, -0.25) is 4.79 Å². The van der Waals surface area contributed by atoms with Gasteiger partial charge in [0.1, 0.15) is 11.4 Å². The Morgan fingerprint density at radius 3 is 2.67 bits per heavy atom. The third-order valence-electron chi connectivity index (χ3n) is 7.24. The van der Waals surface area contributed by atoms with Gasteiger partial charge >= 0.3 is 0 Å². The molecule has 2 fully saturated rings. The first-order valence-corrected chi connectivity index (χ1v) is 10.9. The lowest BCUT2D eigenvalue weighted by Crippen LogP contribution is -2.57. The number of hydrogen-bond donors (Lipinski definition) is 2. The quantitative estimate of drug-likeness (QED) is 0.819. The highest BCUT2D eigenvalue weighted by atomic mass is 19.1. The van der Waals surface area contributed by atoms with E-state index in [1.807, 2.05) is 18.2 Å². The van der Waals surface area contributed by atoms with Crippen molar-refractivity contribution in [3.63, 3.8) is 0 Å². The van der Waals surface area contributed by atoms with Gasteiger partial charge in [0.15, 0.2) is 0 Å². The number of aryl methyl sites for hydroxylation is 1. The summed E-state index contributed by atoms with van der Waals surface area (Å²) in [5.41, 5.74) is 2.40. The summed E-state index contributed by atoms with van der Waals surface area (Å²) in [6.45, 7) is 3.02. The molecule has 0 saturated carbocycles. The maximum Gasteiger partial charge on any atom is 0.247 e. The van der Waals surface area contributed by atoms with Gasteiger partial charge in [-0.05, 0) is 61.1 Å². The molecule has 2 heterocycles. The summed E-state index contributed by atoms with van der Waals surface area (Å²) >= 11 is 0. The third-order valence-corrected chi connectivity index (χ3v) is 7.24. The smallest absolute Gasteiger partial charge is 0.247 e. The van der Waals surface area contributed by atoms with Crippen LogP contribution in [0.3, 0.4) is 0 Å². The minimum absolute atomic E-state index is 0.125. The number of hydrogen-bond acceptors (Lipinski definition) is 4. The zero-order chi connectivity index (χ0) is 20.7. The van der Waals surface area contributed by atoms with Crippen molar-refractivity contribution in [3.8, 4) is 0 Å². The Kier molecular flexibility index (Phi) is 4.99. The molecule has 2 saturated heterocycles. The lowest BCUT2D eigenvalue weighted by atomic mass is 9.80. The topological polar surface area (TPSA) is 55.8 Å². The highest BCUT2D eigenvalue weighted by Gasteiger charge is 2.50. The monoisotopic (exact) mass is 409 g/mol. The van der Waals surface area contributed by atoms with E-state index in [0.29, 0.717) is 6.67 Å². The van der Waals surface area contributed by atoms with E-state index in [0.717, 1.165) is 62.1 Å². The second-order valence-corrected chi connectivity index (χ2v) is 8.85. The van der Waals surface area contributed by atoms with Gasteiger partial charge in [0.25, 0.3) is 0 Å². The maximum absolute atomic E-state index is 13.5. The molecule has 158 valence electrons. The number of piperidine rings is 1. The molecule has 30 heavy (non-hydrogen) atoms. The number of halogens is 1. The average Bonchev–Trinajstić information content (AvgIpc) is 3.08. The number of likely N-dealkylation sites (tertiary alicyclic amines) is 1.